The van der Waals surface area contributed by atoms with Crippen molar-refractivity contribution in [2.24, 2.45) is 5.73 Å². The highest BCUT2D eigenvalue weighted by Crippen LogP contribution is 2.29. The largest absolute Gasteiger partial charge is 0.388 e. The third-order valence-electron chi connectivity index (χ3n) is 1.91. The molecule has 86 valence electrons. The molecule has 0 aliphatic rings. The summed E-state index contributed by atoms with van der Waals surface area (Å²) in [7, 11) is 0. The van der Waals surface area contributed by atoms with Crippen LogP contribution in [-0.4, -0.2) is 16.5 Å². The van der Waals surface area contributed by atoms with Gasteiger partial charge in [-0.25, -0.2) is 0 Å². The van der Waals surface area contributed by atoms with Crippen molar-refractivity contribution in [3.8, 4) is 0 Å². The summed E-state index contributed by atoms with van der Waals surface area (Å²) < 4.78 is 0. The standard InChI is InChI=1S/C10H13N3O2S/c11-10(12)6-3-7-16-9-5-2-1-4-8(9)13(14)15/h1-2,4-5H,3,6-7H2,(H3,11,12). The molecule has 1 aromatic carbocycles. The first-order valence-electron chi connectivity index (χ1n) is 4.80. The Hall–Kier alpha value is -1.56. The molecule has 3 N–H and O–H groups in total. The van der Waals surface area contributed by atoms with E-state index in [2.05, 4.69) is 0 Å². The fourth-order valence-electron chi connectivity index (χ4n) is 1.17. The number of hydrogen-bond donors (Lipinski definition) is 2. The Balaban J connectivity index is 2.53. The minimum atomic E-state index is -0.382. The first-order chi connectivity index (χ1) is 7.61. The number of para-hydroxylation sites is 1. The Labute approximate surface area is 97.7 Å². The minimum Gasteiger partial charge on any atom is -0.388 e. The summed E-state index contributed by atoms with van der Waals surface area (Å²) in [6.07, 6.45) is 1.29. The van der Waals surface area contributed by atoms with Crippen LogP contribution in [0.15, 0.2) is 29.2 Å². The van der Waals surface area contributed by atoms with Gasteiger partial charge in [0.25, 0.3) is 5.69 Å². The molecule has 0 aliphatic carbocycles. The van der Waals surface area contributed by atoms with Crippen LogP contribution in [0, 0.1) is 15.5 Å². The van der Waals surface area contributed by atoms with Crippen LogP contribution in [0.1, 0.15) is 12.8 Å². The number of rotatable bonds is 6. The molecule has 0 amide bonds. The average molecular weight is 239 g/mol. The average Bonchev–Trinajstić information content (AvgIpc) is 2.24. The van der Waals surface area contributed by atoms with Crippen molar-refractivity contribution in [1.29, 1.82) is 5.41 Å². The van der Waals surface area contributed by atoms with Gasteiger partial charge in [0, 0.05) is 12.5 Å². The summed E-state index contributed by atoms with van der Waals surface area (Å²) in [6.45, 7) is 0. The summed E-state index contributed by atoms with van der Waals surface area (Å²) in [5.74, 6) is 0.882. The van der Waals surface area contributed by atoms with E-state index in [-0.39, 0.29) is 16.4 Å². The van der Waals surface area contributed by atoms with Crippen molar-refractivity contribution in [2.45, 2.75) is 17.7 Å². The van der Waals surface area contributed by atoms with Crippen molar-refractivity contribution < 1.29 is 4.92 Å². The van der Waals surface area contributed by atoms with Gasteiger partial charge in [0.2, 0.25) is 0 Å². The number of nitrogens with two attached hydrogens (primary N) is 1. The van der Waals surface area contributed by atoms with Crippen LogP contribution < -0.4 is 5.73 Å². The van der Waals surface area contributed by atoms with Crippen molar-refractivity contribution in [3.63, 3.8) is 0 Å². The molecule has 0 radical (unpaired) electrons. The van der Waals surface area contributed by atoms with Gasteiger partial charge in [-0.05, 0) is 18.2 Å². The number of benzene rings is 1. The van der Waals surface area contributed by atoms with E-state index in [9.17, 15) is 10.1 Å². The molecule has 0 bridgehead atoms. The van der Waals surface area contributed by atoms with E-state index in [0.717, 1.165) is 12.2 Å². The molecule has 0 aliphatic heterocycles. The molecule has 0 atom stereocenters. The zero-order valence-corrected chi connectivity index (χ0v) is 9.50. The number of hydrogen-bond acceptors (Lipinski definition) is 4. The molecule has 0 spiro atoms. The number of nitro benzene ring substituents is 1. The molecule has 1 rings (SSSR count). The SMILES string of the molecule is N=C(N)CCCSc1ccccc1[N+](=O)[O-]. The Morgan fingerprint density at radius 3 is 2.81 bits per heavy atom. The summed E-state index contributed by atoms with van der Waals surface area (Å²) in [5.41, 5.74) is 5.35. The Morgan fingerprint density at radius 1 is 1.50 bits per heavy atom. The molecular formula is C10H13N3O2S. The highest BCUT2D eigenvalue weighted by Gasteiger charge is 2.11. The van der Waals surface area contributed by atoms with E-state index in [0.29, 0.717) is 11.3 Å². The maximum atomic E-state index is 10.7. The molecule has 0 aromatic heterocycles. The van der Waals surface area contributed by atoms with Gasteiger partial charge in [-0.1, -0.05) is 12.1 Å². The molecule has 6 heteroatoms. The van der Waals surface area contributed by atoms with Gasteiger partial charge in [0.15, 0.2) is 0 Å². The van der Waals surface area contributed by atoms with Gasteiger partial charge < -0.3 is 5.73 Å². The van der Waals surface area contributed by atoms with Crippen LogP contribution in [0.25, 0.3) is 0 Å². The molecule has 0 heterocycles. The topological polar surface area (TPSA) is 93.0 Å². The van der Waals surface area contributed by atoms with E-state index >= 15 is 0 Å². The van der Waals surface area contributed by atoms with Gasteiger partial charge in [-0.2, -0.15) is 0 Å². The number of nitro groups is 1. The molecule has 5 nitrogen and oxygen atoms in total. The maximum Gasteiger partial charge on any atom is 0.282 e. The van der Waals surface area contributed by atoms with Crippen molar-refractivity contribution in [3.05, 3.63) is 34.4 Å². The summed E-state index contributed by atoms with van der Waals surface area (Å²) in [4.78, 5) is 11.0. The third-order valence-corrected chi connectivity index (χ3v) is 3.06. The van der Waals surface area contributed by atoms with Crippen LogP contribution in [0.3, 0.4) is 0 Å². The monoisotopic (exact) mass is 239 g/mol. The lowest BCUT2D eigenvalue weighted by atomic mass is 10.3. The van der Waals surface area contributed by atoms with Gasteiger partial charge in [-0.15, -0.1) is 11.8 Å². The van der Waals surface area contributed by atoms with Crippen LogP contribution in [-0.2, 0) is 0 Å². The molecule has 1 aromatic rings. The Morgan fingerprint density at radius 2 is 2.19 bits per heavy atom. The quantitative estimate of drug-likeness (QED) is 0.199. The second kappa shape index (κ2) is 6.12. The van der Waals surface area contributed by atoms with Crippen LogP contribution in [0.5, 0.6) is 0 Å². The Kier molecular flexibility index (Phi) is 4.78. The summed E-state index contributed by atoms with van der Waals surface area (Å²) >= 11 is 1.42. The van der Waals surface area contributed by atoms with Crippen molar-refractivity contribution in [1.82, 2.24) is 0 Å². The summed E-state index contributed by atoms with van der Waals surface area (Å²) in [6, 6.07) is 6.65. The molecule has 0 saturated heterocycles. The van der Waals surface area contributed by atoms with Crippen LogP contribution in [0.4, 0.5) is 5.69 Å². The zero-order chi connectivity index (χ0) is 12.0. The smallest absolute Gasteiger partial charge is 0.282 e. The van der Waals surface area contributed by atoms with E-state index < -0.39 is 0 Å². The van der Waals surface area contributed by atoms with E-state index in [1.165, 1.54) is 17.8 Å². The third kappa shape index (κ3) is 3.90. The fraction of sp³-hybridized carbons (Fsp3) is 0.300. The molecule has 0 fully saturated rings. The highest BCUT2D eigenvalue weighted by molar-refractivity contribution is 7.99. The number of nitrogens with zero attached hydrogens (tertiary/aromatic N) is 1. The van der Waals surface area contributed by atoms with Crippen LogP contribution in [0.2, 0.25) is 0 Å². The number of amidine groups is 1. The Bertz CT molecular complexity index is 395. The minimum absolute atomic E-state index is 0.135. The van der Waals surface area contributed by atoms with Crippen LogP contribution >= 0.6 is 11.8 Å². The second-order valence-electron chi connectivity index (χ2n) is 3.20. The van der Waals surface area contributed by atoms with Gasteiger partial charge in [-0.3, -0.25) is 15.5 Å². The van der Waals surface area contributed by atoms with Gasteiger partial charge in [0.1, 0.15) is 0 Å². The lowest BCUT2D eigenvalue weighted by molar-refractivity contribution is -0.387. The van der Waals surface area contributed by atoms with Crippen molar-refractivity contribution in [2.75, 3.05) is 5.75 Å². The van der Waals surface area contributed by atoms with Gasteiger partial charge >= 0.3 is 0 Å². The first kappa shape index (κ1) is 12.5. The highest BCUT2D eigenvalue weighted by atomic mass is 32.2. The normalized spacial score (nSPS) is 10.0. The van der Waals surface area contributed by atoms with Crippen molar-refractivity contribution >= 4 is 23.3 Å². The number of thioether (sulfide) groups is 1. The zero-order valence-electron chi connectivity index (χ0n) is 8.68. The molecule has 0 saturated carbocycles. The predicted molar refractivity (Wildman–Crippen MR) is 65.0 cm³/mol. The summed E-state index contributed by atoms with van der Waals surface area (Å²) in [5, 5.41) is 17.7. The van der Waals surface area contributed by atoms with E-state index in [4.69, 9.17) is 11.1 Å². The van der Waals surface area contributed by atoms with E-state index in [1.54, 1.807) is 18.2 Å². The fourth-order valence-corrected chi connectivity index (χ4v) is 2.15. The molecule has 16 heavy (non-hydrogen) atoms. The number of nitrogens with one attached hydrogen (secondary N) is 1. The lowest BCUT2D eigenvalue weighted by Crippen LogP contribution is -2.08. The molecule has 0 unspecified atom stereocenters. The second-order valence-corrected chi connectivity index (χ2v) is 4.34. The predicted octanol–water partition coefficient (Wildman–Crippen LogP) is 2.40. The lowest BCUT2D eigenvalue weighted by Gasteiger charge is -2.02. The molecular weight excluding hydrogens is 226 g/mol. The van der Waals surface area contributed by atoms with Gasteiger partial charge in [0.05, 0.1) is 15.7 Å². The first-order valence-corrected chi connectivity index (χ1v) is 5.79. The van der Waals surface area contributed by atoms with E-state index in [1.807, 2.05) is 0 Å². The maximum absolute atomic E-state index is 10.7.